The molecule has 5 heterocycles. The summed E-state index contributed by atoms with van der Waals surface area (Å²) in [5, 5.41) is 8.81. The average molecular weight is 421 g/mol. The lowest BCUT2D eigenvalue weighted by molar-refractivity contribution is 0.180. The lowest BCUT2D eigenvalue weighted by Gasteiger charge is -2.10. The van der Waals surface area contributed by atoms with Crippen molar-refractivity contribution in [1.82, 2.24) is 33.9 Å². The summed E-state index contributed by atoms with van der Waals surface area (Å²) in [5.74, 6) is 6.53. The Morgan fingerprint density at radius 3 is 2.91 bits per heavy atom. The van der Waals surface area contributed by atoms with E-state index in [1.807, 2.05) is 39.9 Å². The van der Waals surface area contributed by atoms with E-state index in [2.05, 4.69) is 61.8 Å². The van der Waals surface area contributed by atoms with E-state index in [1.165, 1.54) is 0 Å². The number of aryl methyl sites for hydroxylation is 1. The van der Waals surface area contributed by atoms with Gasteiger partial charge in [0.1, 0.15) is 23.4 Å². The Bertz CT molecular complexity index is 1540. The molecule has 4 aromatic heterocycles. The van der Waals surface area contributed by atoms with E-state index < -0.39 is 0 Å². The van der Waals surface area contributed by atoms with Crippen molar-refractivity contribution >= 4 is 5.65 Å². The third kappa shape index (κ3) is 2.91. The zero-order valence-corrected chi connectivity index (χ0v) is 17.6. The number of hydrogen-bond acceptors (Lipinski definition) is 5. The number of imidazole rings is 2. The van der Waals surface area contributed by atoms with E-state index >= 15 is 0 Å². The highest BCUT2D eigenvalue weighted by Crippen LogP contribution is 2.30. The molecule has 0 radical (unpaired) electrons. The van der Waals surface area contributed by atoms with Crippen LogP contribution in [0.1, 0.15) is 33.9 Å². The van der Waals surface area contributed by atoms with Gasteiger partial charge in [0.2, 0.25) is 0 Å². The highest BCUT2D eigenvalue weighted by molar-refractivity contribution is 5.59. The van der Waals surface area contributed by atoms with Crippen LogP contribution in [0.15, 0.2) is 55.2 Å². The zero-order chi connectivity index (χ0) is 21.7. The molecule has 0 aliphatic carbocycles. The van der Waals surface area contributed by atoms with E-state index in [9.17, 15) is 0 Å². The lowest BCUT2D eigenvalue weighted by atomic mass is 10.1. The third-order valence-corrected chi connectivity index (χ3v) is 5.66. The fourth-order valence-electron chi connectivity index (χ4n) is 4.10. The van der Waals surface area contributed by atoms with Crippen LogP contribution < -0.4 is 0 Å². The summed E-state index contributed by atoms with van der Waals surface area (Å²) in [7, 11) is 1.67. The van der Waals surface area contributed by atoms with E-state index in [0.717, 1.165) is 50.9 Å². The summed E-state index contributed by atoms with van der Waals surface area (Å²) >= 11 is 0. The van der Waals surface area contributed by atoms with E-state index in [-0.39, 0.29) is 0 Å². The minimum Gasteiger partial charge on any atom is -0.378 e. The van der Waals surface area contributed by atoms with Crippen LogP contribution in [-0.4, -0.2) is 41.0 Å². The first-order chi connectivity index (χ1) is 15.7. The molecule has 8 nitrogen and oxygen atoms in total. The van der Waals surface area contributed by atoms with Crippen LogP contribution in [0.25, 0.3) is 17.0 Å². The Morgan fingerprint density at radius 1 is 1.06 bits per heavy atom. The van der Waals surface area contributed by atoms with Gasteiger partial charge in [-0.15, -0.1) is 5.10 Å². The molecule has 1 aromatic carbocycles. The predicted molar refractivity (Wildman–Crippen MR) is 118 cm³/mol. The first-order valence-corrected chi connectivity index (χ1v) is 10.3. The Balaban J connectivity index is 1.50. The summed E-state index contributed by atoms with van der Waals surface area (Å²) < 4.78 is 11.3. The van der Waals surface area contributed by atoms with Gasteiger partial charge in [-0.25, -0.2) is 14.6 Å². The van der Waals surface area contributed by atoms with E-state index in [0.29, 0.717) is 13.0 Å². The predicted octanol–water partition coefficient (Wildman–Crippen LogP) is 2.86. The second-order valence-electron chi connectivity index (χ2n) is 7.77. The van der Waals surface area contributed by atoms with Crippen molar-refractivity contribution in [3.05, 3.63) is 89.2 Å². The SMILES string of the molecule is COCc1nnn2c1Cc1c(C#Cc3ccc4nccn4c3)ncn1-c1ccc(C)cc1-2. The number of ether oxygens (including phenoxy) is 1. The molecule has 0 unspecified atom stereocenters. The van der Waals surface area contributed by atoms with Crippen molar-refractivity contribution in [3.8, 4) is 23.2 Å². The Labute approximate surface area is 184 Å². The van der Waals surface area contributed by atoms with Gasteiger partial charge in [0, 0.05) is 37.7 Å². The van der Waals surface area contributed by atoms with Crippen molar-refractivity contribution in [2.24, 2.45) is 0 Å². The quantitative estimate of drug-likeness (QED) is 0.402. The summed E-state index contributed by atoms with van der Waals surface area (Å²) in [6.07, 6.45) is 8.09. The van der Waals surface area contributed by atoms with Gasteiger partial charge in [-0.3, -0.25) is 4.57 Å². The van der Waals surface area contributed by atoms with Crippen LogP contribution in [-0.2, 0) is 17.8 Å². The normalized spacial score (nSPS) is 11.9. The maximum Gasteiger partial charge on any atom is 0.136 e. The maximum absolute atomic E-state index is 5.36. The van der Waals surface area contributed by atoms with Crippen LogP contribution >= 0.6 is 0 Å². The topological polar surface area (TPSA) is 75.1 Å². The summed E-state index contributed by atoms with van der Waals surface area (Å²) in [6.45, 7) is 2.47. The first kappa shape index (κ1) is 18.5. The molecule has 0 atom stereocenters. The molecule has 156 valence electrons. The van der Waals surface area contributed by atoms with Crippen molar-refractivity contribution < 1.29 is 4.74 Å². The van der Waals surface area contributed by atoms with E-state index in [1.54, 1.807) is 13.3 Å². The number of benzene rings is 1. The number of aromatic nitrogens is 7. The van der Waals surface area contributed by atoms with Crippen molar-refractivity contribution in [3.63, 3.8) is 0 Å². The summed E-state index contributed by atoms with van der Waals surface area (Å²) in [6, 6.07) is 10.2. The molecule has 6 rings (SSSR count). The molecule has 0 saturated heterocycles. The fourth-order valence-corrected chi connectivity index (χ4v) is 4.10. The largest absolute Gasteiger partial charge is 0.378 e. The summed E-state index contributed by atoms with van der Waals surface area (Å²) in [4.78, 5) is 8.93. The van der Waals surface area contributed by atoms with Crippen molar-refractivity contribution in [2.75, 3.05) is 7.11 Å². The van der Waals surface area contributed by atoms with Gasteiger partial charge in [0.05, 0.1) is 29.4 Å². The number of nitrogens with zero attached hydrogens (tertiary/aromatic N) is 7. The van der Waals surface area contributed by atoms with Crippen molar-refractivity contribution in [1.29, 1.82) is 0 Å². The van der Waals surface area contributed by atoms with Crippen LogP contribution in [0.2, 0.25) is 0 Å². The second-order valence-corrected chi connectivity index (χ2v) is 7.77. The van der Waals surface area contributed by atoms with Gasteiger partial charge in [0.15, 0.2) is 0 Å². The van der Waals surface area contributed by atoms with Gasteiger partial charge >= 0.3 is 0 Å². The van der Waals surface area contributed by atoms with Gasteiger partial charge in [0.25, 0.3) is 0 Å². The average Bonchev–Trinajstić information content (AvgIpc) is 3.50. The molecule has 0 N–H and O–H groups in total. The highest BCUT2D eigenvalue weighted by Gasteiger charge is 2.25. The molecule has 0 bridgehead atoms. The van der Waals surface area contributed by atoms with Crippen LogP contribution in [0.4, 0.5) is 0 Å². The van der Waals surface area contributed by atoms with Crippen molar-refractivity contribution in [2.45, 2.75) is 20.0 Å². The second kappa shape index (κ2) is 7.18. The monoisotopic (exact) mass is 421 g/mol. The number of hydrogen-bond donors (Lipinski definition) is 0. The van der Waals surface area contributed by atoms with Gasteiger partial charge in [-0.2, -0.15) is 0 Å². The number of rotatable bonds is 2. The van der Waals surface area contributed by atoms with Crippen LogP contribution in [0, 0.1) is 18.8 Å². The van der Waals surface area contributed by atoms with Crippen LogP contribution in [0.5, 0.6) is 0 Å². The minimum absolute atomic E-state index is 0.399. The summed E-state index contributed by atoms with van der Waals surface area (Å²) in [5.41, 5.74) is 8.45. The van der Waals surface area contributed by atoms with Gasteiger partial charge in [-0.05, 0) is 42.7 Å². The smallest absolute Gasteiger partial charge is 0.136 e. The Hall–Kier alpha value is -4.22. The van der Waals surface area contributed by atoms with Gasteiger partial charge < -0.3 is 9.14 Å². The molecule has 8 heteroatoms. The third-order valence-electron chi connectivity index (χ3n) is 5.66. The molecular formula is C24H19N7O. The van der Waals surface area contributed by atoms with Crippen LogP contribution in [0.3, 0.4) is 0 Å². The molecule has 0 fully saturated rings. The van der Waals surface area contributed by atoms with E-state index in [4.69, 9.17) is 4.74 Å². The molecule has 5 aromatic rings. The Kier molecular flexibility index (Phi) is 4.16. The first-order valence-electron chi connectivity index (χ1n) is 10.3. The lowest BCUT2D eigenvalue weighted by Crippen LogP contribution is -2.04. The molecular weight excluding hydrogens is 402 g/mol. The highest BCUT2D eigenvalue weighted by atomic mass is 16.5. The number of methoxy groups -OCH3 is 1. The Morgan fingerprint density at radius 2 is 2.00 bits per heavy atom. The molecule has 1 aliphatic rings. The van der Waals surface area contributed by atoms with Gasteiger partial charge in [-0.1, -0.05) is 17.2 Å². The molecule has 0 amide bonds. The molecule has 32 heavy (non-hydrogen) atoms. The molecule has 0 saturated carbocycles. The zero-order valence-electron chi connectivity index (χ0n) is 17.6. The standard InChI is InChI=1S/C24H19N7O/c1-16-3-7-20-23(11-16)31-22(19(14-32-2)27-28-31)12-21-18(26-15-30(20)21)6-4-17-5-8-24-25-9-10-29(24)13-17/h3,5,7-11,13,15H,12,14H2,1-2H3. The number of pyridine rings is 1. The number of fused-ring (bicyclic) bond motifs is 6. The molecule has 1 aliphatic heterocycles. The maximum atomic E-state index is 5.36. The fraction of sp³-hybridized carbons (Fsp3) is 0.167. The molecule has 0 spiro atoms. The minimum atomic E-state index is 0.399.